The number of carbonyl (C=O) groups is 1. The molecule has 1 aromatic rings. The number of amides is 1. The fourth-order valence-corrected chi connectivity index (χ4v) is 2.35. The van der Waals surface area contributed by atoms with Crippen LogP contribution >= 0.6 is 0 Å². The number of aryl methyl sites for hydroxylation is 1. The first-order chi connectivity index (χ1) is 8.09. The number of hydrogen-bond donors (Lipinski definition) is 2. The van der Waals surface area contributed by atoms with Crippen molar-refractivity contribution in [2.75, 3.05) is 6.54 Å². The topological polar surface area (TPSA) is 55.1 Å². The van der Waals surface area contributed by atoms with Gasteiger partial charge in [-0.3, -0.25) is 4.79 Å². The zero-order valence-corrected chi connectivity index (χ0v) is 9.87. The molecule has 0 aromatic heterocycles. The quantitative estimate of drug-likeness (QED) is 0.820. The number of primary amides is 1. The van der Waals surface area contributed by atoms with Crippen LogP contribution < -0.4 is 11.1 Å². The number of benzene rings is 1. The number of nitrogens with one attached hydrogen (secondary N) is 1. The van der Waals surface area contributed by atoms with Crippen LogP contribution in [0.5, 0.6) is 0 Å². The molecule has 0 radical (unpaired) electrons. The molecule has 0 aliphatic carbocycles. The first-order valence-electron chi connectivity index (χ1n) is 5.88. The van der Waals surface area contributed by atoms with E-state index < -0.39 is 0 Å². The number of piperidine rings is 1. The number of nitrogens with two attached hydrogens (primary N) is 1. The van der Waals surface area contributed by atoms with E-state index in [9.17, 15) is 9.18 Å². The van der Waals surface area contributed by atoms with Crippen molar-refractivity contribution in [3.05, 3.63) is 35.1 Å². The van der Waals surface area contributed by atoms with E-state index in [0.717, 1.165) is 24.9 Å². The summed E-state index contributed by atoms with van der Waals surface area (Å²) in [6.07, 6.45) is 1.70. The first-order valence-corrected chi connectivity index (χ1v) is 5.88. The van der Waals surface area contributed by atoms with Gasteiger partial charge in [0.25, 0.3) is 0 Å². The molecule has 17 heavy (non-hydrogen) atoms. The van der Waals surface area contributed by atoms with Crippen LogP contribution in [-0.4, -0.2) is 12.5 Å². The molecule has 4 heteroatoms. The third-order valence-electron chi connectivity index (χ3n) is 3.38. The van der Waals surface area contributed by atoms with Gasteiger partial charge in [0.1, 0.15) is 5.82 Å². The normalized spacial score (nSPS) is 24.6. The lowest BCUT2D eigenvalue weighted by Crippen LogP contribution is -2.41. The highest BCUT2D eigenvalue weighted by Crippen LogP contribution is 2.29. The maximum Gasteiger partial charge on any atom is 0.222 e. The van der Waals surface area contributed by atoms with Crippen molar-refractivity contribution < 1.29 is 9.18 Å². The van der Waals surface area contributed by atoms with Gasteiger partial charge >= 0.3 is 0 Å². The Morgan fingerprint density at radius 2 is 2.29 bits per heavy atom. The number of hydrogen-bond acceptors (Lipinski definition) is 2. The molecule has 1 amide bonds. The zero-order chi connectivity index (χ0) is 12.4. The molecule has 1 fully saturated rings. The summed E-state index contributed by atoms with van der Waals surface area (Å²) < 4.78 is 13.5. The third-order valence-corrected chi connectivity index (χ3v) is 3.38. The first kappa shape index (κ1) is 12.0. The van der Waals surface area contributed by atoms with E-state index in [1.165, 1.54) is 6.07 Å². The Kier molecular flexibility index (Phi) is 3.43. The molecule has 2 unspecified atom stereocenters. The Morgan fingerprint density at radius 3 is 2.94 bits per heavy atom. The van der Waals surface area contributed by atoms with E-state index in [-0.39, 0.29) is 23.7 Å². The van der Waals surface area contributed by atoms with Gasteiger partial charge in [-0.2, -0.15) is 0 Å². The fourth-order valence-electron chi connectivity index (χ4n) is 2.35. The molecule has 1 aromatic carbocycles. The largest absolute Gasteiger partial charge is 0.369 e. The summed E-state index contributed by atoms with van der Waals surface area (Å²) in [4.78, 5) is 11.4. The Labute approximate surface area is 100 Å². The average Bonchev–Trinajstić information content (AvgIpc) is 2.32. The molecule has 1 saturated heterocycles. The molecule has 2 atom stereocenters. The fraction of sp³-hybridized carbons (Fsp3) is 0.462. The van der Waals surface area contributed by atoms with Gasteiger partial charge < -0.3 is 11.1 Å². The van der Waals surface area contributed by atoms with Crippen LogP contribution in [0.2, 0.25) is 0 Å². The molecule has 1 aliphatic rings. The molecule has 0 spiro atoms. The number of rotatable bonds is 2. The monoisotopic (exact) mass is 236 g/mol. The standard InChI is InChI=1S/C13H17FN2O/c1-8-4-5-9(7-11(8)14)12-10(13(15)17)3-2-6-16-12/h4-5,7,10,12,16H,2-3,6H2,1H3,(H2,15,17). The second kappa shape index (κ2) is 4.84. The third kappa shape index (κ3) is 2.47. The highest BCUT2D eigenvalue weighted by atomic mass is 19.1. The second-order valence-electron chi connectivity index (χ2n) is 4.59. The van der Waals surface area contributed by atoms with Crippen molar-refractivity contribution in [3.8, 4) is 0 Å². The van der Waals surface area contributed by atoms with E-state index in [2.05, 4.69) is 5.32 Å². The van der Waals surface area contributed by atoms with Crippen LogP contribution in [0.3, 0.4) is 0 Å². The van der Waals surface area contributed by atoms with Gasteiger partial charge in [-0.25, -0.2) is 4.39 Å². The average molecular weight is 236 g/mol. The minimum absolute atomic E-state index is 0.156. The second-order valence-corrected chi connectivity index (χ2v) is 4.59. The van der Waals surface area contributed by atoms with Crippen molar-refractivity contribution in [1.82, 2.24) is 5.32 Å². The smallest absolute Gasteiger partial charge is 0.222 e. The summed E-state index contributed by atoms with van der Waals surface area (Å²) in [6.45, 7) is 2.56. The minimum Gasteiger partial charge on any atom is -0.369 e. The molecule has 0 bridgehead atoms. The molecular weight excluding hydrogens is 219 g/mol. The lowest BCUT2D eigenvalue weighted by Gasteiger charge is -2.31. The van der Waals surface area contributed by atoms with E-state index in [4.69, 9.17) is 5.73 Å². The van der Waals surface area contributed by atoms with Crippen molar-refractivity contribution >= 4 is 5.91 Å². The van der Waals surface area contributed by atoms with Gasteiger partial charge in [-0.15, -0.1) is 0 Å². The zero-order valence-electron chi connectivity index (χ0n) is 9.87. The molecule has 92 valence electrons. The SMILES string of the molecule is Cc1ccc(C2NCCCC2C(N)=O)cc1F. The van der Waals surface area contributed by atoms with Crippen LogP contribution in [0.1, 0.15) is 30.0 Å². The van der Waals surface area contributed by atoms with Gasteiger partial charge in [0.15, 0.2) is 0 Å². The molecule has 0 saturated carbocycles. The van der Waals surface area contributed by atoms with E-state index in [0.29, 0.717) is 5.56 Å². The Balaban J connectivity index is 2.29. The van der Waals surface area contributed by atoms with Crippen molar-refractivity contribution in [2.45, 2.75) is 25.8 Å². The molecule has 3 nitrogen and oxygen atoms in total. The Hall–Kier alpha value is -1.42. The molecule has 2 rings (SSSR count). The van der Waals surface area contributed by atoms with Crippen molar-refractivity contribution in [1.29, 1.82) is 0 Å². The summed E-state index contributed by atoms with van der Waals surface area (Å²) in [6, 6.07) is 4.93. The molecular formula is C13H17FN2O. The van der Waals surface area contributed by atoms with Gasteiger partial charge in [-0.1, -0.05) is 12.1 Å². The van der Waals surface area contributed by atoms with Gasteiger partial charge in [-0.05, 0) is 43.5 Å². The van der Waals surface area contributed by atoms with E-state index in [1.807, 2.05) is 6.07 Å². The summed E-state index contributed by atoms with van der Waals surface area (Å²) in [7, 11) is 0. The lowest BCUT2D eigenvalue weighted by molar-refractivity contribution is -0.123. The van der Waals surface area contributed by atoms with Crippen LogP contribution in [0, 0.1) is 18.7 Å². The van der Waals surface area contributed by atoms with Gasteiger partial charge in [0.05, 0.1) is 5.92 Å². The lowest BCUT2D eigenvalue weighted by atomic mass is 9.85. The summed E-state index contributed by atoms with van der Waals surface area (Å²) >= 11 is 0. The van der Waals surface area contributed by atoms with Crippen LogP contribution in [-0.2, 0) is 4.79 Å². The summed E-state index contributed by atoms with van der Waals surface area (Å²) in [5.74, 6) is -0.799. The molecule has 3 N–H and O–H groups in total. The maximum atomic E-state index is 13.5. The Bertz CT molecular complexity index is 433. The predicted molar refractivity (Wildman–Crippen MR) is 63.8 cm³/mol. The summed E-state index contributed by atoms with van der Waals surface area (Å²) in [5.41, 5.74) is 6.80. The van der Waals surface area contributed by atoms with Crippen molar-refractivity contribution in [3.63, 3.8) is 0 Å². The van der Waals surface area contributed by atoms with E-state index in [1.54, 1.807) is 13.0 Å². The minimum atomic E-state index is -0.316. The van der Waals surface area contributed by atoms with Crippen LogP contribution in [0.4, 0.5) is 4.39 Å². The maximum absolute atomic E-state index is 13.5. The van der Waals surface area contributed by atoms with Gasteiger partial charge in [0.2, 0.25) is 5.91 Å². The highest BCUT2D eigenvalue weighted by Gasteiger charge is 2.30. The molecule has 1 heterocycles. The summed E-state index contributed by atoms with van der Waals surface area (Å²) in [5, 5.41) is 3.25. The Morgan fingerprint density at radius 1 is 1.53 bits per heavy atom. The highest BCUT2D eigenvalue weighted by molar-refractivity contribution is 5.77. The van der Waals surface area contributed by atoms with Crippen LogP contribution in [0.15, 0.2) is 18.2 Å². The van der Waals surface area contributed by atoms with Crippen LogP contribution in [0.25, 0.3) is 0 Å². The van der Waals surface area contributed by atoms with Crippen molar-refractivity contribution in [2.24, 2.45) is 11.7 Å². The predicted octanol–water partition coefficient (Wildman–Crippen LogP) is 1.66. The number of halogens is 1. The van der Waals surface area contributed by atoms with E-state index >= 15 is 0 Å². The molecule has 1 aliphatic heterocycles. The van der Waals surface area contributed by atoms with Gasteiger partial charge in [0, 0.05) is 6.04 Å². The number of carbonyl (C=O) groups excluding carboxylic acids is 1.